The molecule has 1 fully saturated rings. The Hall–Kier alpha value is -4.39. The molecule has 43 heavy (non-hydrogen) atoms. The average molecular weight is 590 g/mol. The van der Waals surface area contributed by atoms with E-state index in [0.717, 1.165) is 28.1 Å². The molecule has 1 saturated heterocycles. The molecule has 0 saturated carbocycles. The summed E-state index contributed by atoms with van der Waals surface area (Å²) in [5.74, 6) is 0.934. The number of thiophene rings is 1. The summed E-state index contributed by atoms with van der Waals surface area (Å²) in [5, 5.41) is 3.85. The number of para-hydroxylation sites is 1. The molecular formula is C37H35NO4S. The normalized spacial score (nSPS) is 18.4. The van der Waals surface area contributed by atoms with Gasteiger partial charge in [0.25, 0.3) is 0 Å². The Balaban J connectivity index is 1.56. The van der Waals surface area contributed by atoms with Crippen molar-refractivity contribution in [3.63, 3.8) is 0 Å². The predicted octanol–water partition coefficient (Wildman–Crippen LogP) is 8.82. The Kier molecular flexibility index (Phi) is 8.06. The summed E-state index contributed by atoms with van der Waals surface area (Å²) in [6.45, 7) is 4.45. The molecule has 4 aromatic carbocycles. The molecule has 0 N–H and O–H groups in total. The van der Waals surface area contributed by atoms with Crippen molar-refractivity contribution in [3.8, 4) is 11.5 Å². The van der Waals surface area contributed by atoms with Crippen molar-refractivity contribution in [2.45, 2.75) is 31.4 Å². The van der Waals surface area contributed by atoms with Gasteiger partial charge in [-0.15, -0.1) is 11.3 Å². The average Bonchev–Trinajstić information content (AvgIpc) is 3.74. The highest BCUT2D eigenvalue weighted by Gasteiger charge is 2.50. The zero-order valence-corrected chi connectivity index (χ0v) is 25.6. The summed E-state index contributed by atoms with van der Waals surface area (Å²) in [5.41, 5.74) is 4.70. The van der Waals surface area contributed by atoms with Gasteiger partial charge in [-0.1, -0.05) is 86.6 Å². The van der Waals surface area contributed by atoms with Gasteiger partial charge in [-0.3, -0.25) is 9.63 Å². The van der Waals surface area contributed by atoms with Crippen LogP contribution in [0.2, 0.25) is 0 Å². The number of hydrogen-bond acceptors (Lipinski definition) is 6. The molecule has 6 heteroatoms. The van der Waals surface area contributed by atoms with Crippen molar-refractivity contribution in [2.75, 3.05) is 19.3 Å². The molecule has 1 aliphatic rings. The minimum Gasteiger partial charge on any atom is -0.497 e. The van der Waals surface area contributed by atoms with E-state index in [2.05, 4.69) is 50.2 Å². The van der Waals surface area contributed by atoms with Gasteiger partial charge in [0.05, 0.1) is 36.7 Å². The lowest BCUT2D eigenvalue weighted by atomic mass is 9.76. The van der Waals surface area contributed by atoms with E-state index in [-0.39, 0.29) is 11.2 Å². The number of nitrogens with zero attached hydrogens (tertiary/aromatic N) is 1. The molecule has 5 nitrogen and oxygen atoms in total. The van der Waals surface area contributed by atoms with Crippen molar-refractivity contribution < 1.29 is 19.1 Å². The number of carbonyl (C=O) groups excluding carboxylic acids is 1. The van der Waals surface area contributed by atoms with Crippen molar-refractivity contribution in [1.29, 1.82) is 0 Å². The monoisotopic (exact) mass is 589 g/mol. The lowest BCUT2D eigenvalue weighted by Gasteiger charge is -2.31. The molecule has 5 aromatic rings. The second kappa shape index (κ2) is 12.1. The molecule has 0 bridgehead atoms. The van der Waals surface area contributed by atoms with Gasteiger partial charge in [-0.2, -0.15) is 0 Å². The van der Waals surface area contributed by atoms with Crippen LogP contribution in [0.3, 0.4) is 0 Å². The number of carbonyl (C=O) groups is 1. The van der Waals surface area contributed by atoms with Gasteiger partial charge in [0, 0.05) is 11.0 Å². The third-order valence-electron chi connectivity index (χ3n) is 8.43. The maximum Gasteiger partial charge on any atom is 0.181 e. The van der Waals surface area contributed by atoms with Gasteiger partial charge in [0.2, 0.25) is 0 Å². The minimum atomic E-state index is -0.559. The van der Waals surface area contributed by atoms with E-state index < -0.39 is 18.1 Å². The van der Waals surface area contributed by atoms with Crippen LogP contribution in [0.4, 0.5) is 5.69 Å². The molecule has 1 aromatic heterocycles. The Bertz CT molecular complexity index is 1670. The van der Waals surface area contributed by atoms with Crippen LogP contribution in [0.15, 0.2) is 121 Å². The summed E-state index contributed by atoms with van der Waals surface area (Å²) < 4.78 is 11.4. The largest absolute Gasteiger partial charge is 0.497 e. The first-order valence-corrected chi connectivity index (χ1v) is 15.3. The van der Waals surface area contributed by atoms with E-state index in [1.54, 1.807) is 14.2 Å². The molecule has 218 valence electrons. The van der Waals surface area contributed by atoms with Crippen LogP contribution in [0.25, 0.3) is 0 Å². The fourth-order valence-electron chi connectivity index (χ4n) is 5.98. The van der Waals surface area contributed by atoms with Crippen molar-refractivity contribution >= 4 is 22.8 Å². The van der Waals surface area contributed by atoms with Crippen LogP contribution in [0.5, 0.6) is 11.5 Å². The topological polar surface area (TPSA) is 48.0 Å². The highest BCUT2D eigenvalue weighted by Crippen LogP contribution is 2.53. The molecule has 1 aliphatic heterocycles. The van der Waals surface area contributed by atoms with E-state index in [1.165, 1.54) is 16.9 Å². The number of hydrogen-bond donors (Lipinski definition) is 0. The fraction of sp³-hybridized carbons (Fsp3) is 0.216. The number of ketones is 1. The quantitative estimate of drug-likeness (QED) is 0.161. The summed E-state index contributed by atoms with van der Waals surface area (Å²) in [4.78, 5) is 22.1. The highest BCUT2D eigenvalue weighted by atomic mass is 32.1. The van der Waals surface area contributed by atoms with E-state index in [1.807, 2.05) is 89.3 Å². The number of benzene rings is 4. The van der Waals surface area contributed by atoms with Gasteiger partial charge in [-0.05, 0) is 64.5 Å². The Morgan fingerprint density at radius 1 is 0.791 bits per heavy atom. The lowest BCUT2D eigenvalue weighted by Crippen LogP contribution is -2.29. The number of anilines is 1. The van der Waals surface area contributed by atoms with Gasteiger partial charge in [0.1, 0.15) is 17.6 Å². The number of hydroxylamine groups is 1. The lowest BCUT2D eigenvalue weighted by molar-refractivity contribution is 0.0602. The minimum absolute atomic E-state index is 0.0361. The van der Waals surface area contributed by atoms with Gasteiger partial charge in [-0.25, -0.2) is 5.06 Å². The molecule has 2 heterocycles. The molecule has 0 aliphatic carbocycles. The summed E-state index contributed by atoms with van der Waals surface area (Å²) in [6.07, 6.45) is -0.541. The van der Waals surface area contributed by atoms with Crippen molar-refractivity contribution in [3.05, 3.63) is 148 Å². The first-order chi connectivity index (χ1) is 20.9. The van der Waals surface area contributed by atoms with Crippen LogP contribution in [-0.4, -0.2) is 20.0 Å². The third-order valence-corrected chi connectivity index (χ3v) is 9.32. The Morgan fingerprint density at radius 2 is 1.49 bits per heavy atom. The Morgan fingerprint density at radius 3 is 2.12 bits per heavy atom. The second-order valence-electron chi connectivity index (χ2n) is 11.2. The molecule has 6 rings (SSSR count). The SMILES string of the molecule is COc1ccc([C@@H]2ON(c3ccccc3)[C@H](c3cc(C(C)(C)c4ccccc4)ccc3OC)[C@H]2C(=O)c2cccs2)cc1. The summed E-state index contributed by atoms with van der Waals surface area (Å²) >= 11 is 1.46. The molecule has 0 spiro atoms. The van der Waals surface area contributed by atoms with Crippen LogP contribution < -0.4 is 14.5 Å². The number of ether oxygens (including phenoxy) is 2. The molecule has 0 amide bonds. The number of Topliss-reactive ketones (excluding diaryl/α,β-unsaturated/α-hetero) is 1. The zero-order valence-electron chi connectivity index (χ0n) is 24.8. The summed E-state index contributed by atoms with van der Waals surface area (Å²) in [7, 11) is 3.33. The van der Waals surface area contributed by atoms with Crippen molar-refractivity contribution in [1.82, 2.24) is 0 Å². The van der Waals surface area contributed by atoms with Crippen LogP contribution >= 0.6 is 11.3 Å². The molecule has 3 atom stereocenters. The van der Waals surface area contributed by atoms with E-state index in [9.17, 15) is 4.79 Å². The maximum atomic E-state index is 14.5. The van der Waals surface area contributed by atoms with E-state index in [0.29, 0.717) is 10.6 Å². The first-order valence-electron chi connectivity index (χ1n) is 14.4. The summed E-state index contributed by atoms with van der Waals surface area (Å²) in [6, 6.07) is 37.9. The number of methoxy groups -OCH3 is 2. The second-order valence-corrected chi connectivity index (χ2v) is 12.2. The maximum absolute atomic E-state index is 14.5. The van der Waals surface area contributed by atoms with Crippen LogP contribution in [-0.2, 0) is 10.3 Å². The molecule has 0 radical (unpaired) electrons. The molecule has 0 unspecified atom stereocenters. The standard InChI is InChI=1S/C37H35NO4S/c1-37(2,26-12-7-5-8-13-26)27-19-22-31(41-4)30(24-27)34-33(35(39)32-16-11-23-43-32)36(25-17-20-29(40-3)21-18-25)42-38(34)28-14-9-6-10-15-28/h5-24,33-34,36H,1-4H3/t33-,34+,36-/m0/s1. The highest BCUT2D eigenvalue weighted by molar-refractivity contribution is 7.12. The first kappa shape index (κ1) is 28.7. The van der Waals surface area contributed by atoms with Gasteiger partial charge >= 0.3 is 0 Å². The molecular weight excluding hydrogens is 554 g/mol. The van der Waals surface area contributed by atoms with Gasteiger partial charge in [0.15, 0.2) is 5.78 Å². The van der Waals surface area contributed by atoms with Gasteiger partial charge < -0.3 is 9.47 Å². The Labute approximate surface area is 257 Å². The van der Waals surface area contributed by atoms with E-state index >= 15 is 0 Å². The van der Waals surface area contributed by atoms with E-state index in [4.69, 9.17) is 14.3 Å². The predicted molar refractivity (Wildman–Crippen MR) is 172 cm³/mol. The number of rotatable bonds is 9. The van der Waals surface area contributed by atoms with Crippen LogP contribution in [0.1, 0.15) is 57.9 Å². The smallest absolute Gasteiger partial charge is 0.181 e. The zero-order chi connectivity index (χ0) is 30.0. The fourth-order valence-corrected chi connectivity index (χ4v) is 6.70. The van der Waals surface area contributed by atoms with Crippen LogP contribution in [0, 0.1) is 5.92 Å². The third kappa shape index (κ3) is 5.44. The van der Waals surface area contributed by atoms with Crippen molar-refractivity contribution in [2.24, 2.45) is 5.92 Å².